The first-order valence-electron chi connectivity index (χ1n) is 9.33. The number of nitrogens with zero attached hydrogens (tertiary/aromatic N) is 1. The average Bonchev–Trinajstić information content (AvgIpc) is 2.66. The molecule has 2 aromatic carbocycles. The largest absolute Gasteiger partial charge is 0.390 e. The van der Waals surface area contributed by atoms with Gasteiger partial charge in [-0.05, 0) is 36.5 Å². The molecule has 0 radical (unpaired) electrons. The van der Waals surface area contributed by atoms with Crippen molar-refractivity contribution < 1.29 is 13.5 Å². The van der Waals surface area contributed by atoms with E-state index in [1.807, 2.05) is 44.2 Å². The van der Waals surface area contributed by atoms with Gasteiger partial charge in [0.1, 0.15) is 0 Å². The number of rotatable bonds is 10. The Hall–Kier alpha value is -1.73. The highest BCUT2D eigenvalue weighted by molar-refractivity contribution is 7.89. The number of nitrogens with two attached hydrogens (primary N) is 1. The number of hydrogen-bond acceptors (Lipinski definition) is 4. The van der Waals surface area contributed by atoms with Gasteiger partial charge in [0, 0.05) is 19.1 Å². The Morgan fingerprint density at radius 2 is 1.56 bits per heavy atom. The van der Waals surface area contributed by atoms with Crippen molar-refractivity contribution in [3.05, 3.63) is 66.2 Å². The molecule has 0 aromatic heterocycles. The third-order valence-electron chi connectivity index (χ3n) is 4.54. The first kappa shape index (κ1) is 21.6. The predicted molar refractivity (Wildman–Crippen MR) is 109 cm³/mol. The van der Waals surface area contributed by atoms with Gasteiger partial charge in [-0.2, -0.15) is 4.31 Å². The Labute approximate surface area is 162 Å². The van der Waals surface area contributed by atoms with E-state index in [1.54, 1.807) is 30.3 Å². The molecule has 2 atom stereocenters. The molecule has 0 saturated heterocycles. The maximum Gasteiger partial charge on any atom is 0.243 e. The highest BCUT2D eigenvalue weighted by Crippen LogP contribution is 2.18. The van der Waals surface area contributed by atoms with Gasteiger partial charge in [-0.1, -0.05) is 62.4 Å². The van der Waals surface area contributed by atoms with Gasteiger partial charge in [0.05, 0.1) is 11.0 Å². The summed E-state index contributed by atoms with van der Waals surface area (Å²) in [5.74, 6) is 0.355. The molecular weight excluding hydrogens is 360 g/mol. The fourth-order valence-corrected chi connectivity index (χ4v) is 4.31. The molecule has 2 rings (SSSR count). The van der Waals surface area contributed by atoms with Gasteiger partial charge in [-0.25, -0.2) is 8.42 Å². The lowest BCUT2D eigenvalue weighted by Gasteiger charge is -2.28. The van der Waals surface area contributed by atoms with E-state index < -0.39 is 22.2 Å². The highest BCUT2D eigenvalue weighted by atomic mass is 32.2. The monoisotopic (exact) mass is 390 g/mol. The summed E-state index contributed by atoms with van der Waals surface area (Å²) in [5, 5.41) is 10.6. The molecule has 148 valence electrons. The standard InChI is InChI=1S/C21H30N2O3S/c1-17(2)13-14-23(27(25,26)19-11-7-4-8-12-19)16-21(24)20(22)15-18-9-5-3-6-10-18/h3-12,17,20-21,24H,13-16,22H2,1-2H3. The maximum absolute atomic E-state index is 13.0. The fourth-order valence-electron chi connectivity index (χ4n) is 2.82. The maximum atomic E-state index is 13.0. The van der Waals surface area contributed by atoms with E-state index in [1.165, 1.54) is 4.31 Å². The van der Waals surface area contributed by atoms with Gasteiger partial charge in [0.25, 0.3) is 0 Å². The van der Waals surface area contributed by atoms with Gasteiger partial charge in [0.2, 0.25) is 10.0 Å². The van der Waals surface area contributed by atoms with Crippen molar-refractivity contribution in [2.75, 3.05) is 13.1 Å². The Kier molecular flexibility index (Phi) is 7.98. The minimum absolute atomic E-state index is 0.0159. The number of benzene rings is 2. The number of aliphatic hydroxyl groups excluding tert-OH is 1. The fraction of sp³-hybridized carbons (Fsp3) is 0.429. The quantitative estimate of drug-likeness (QED) is 0.653. The SMILES string of the molecule is CC(C)CCN(CC(O)C(N)Cc1ccccc1)S(=O)(=O)c1ccccc1. The minimum Gasteiger partial charge on any atom is -0.390 e. The molecule has 2 aromatic rings. The summed E-state index contributed by atoms with van der Waals surface area (Å²) in [5.41, 5.74) is 7.18. The highest BCUT2D eigenvalue weighted by Gasteiger charge is 2.28. The van der Waals surface area contributed by atoms with Crippen LogP contribution in [0.1, 0.15) is 25.8 Å². The second kappa shape index (κ2) is 9.99. The molecule has 0 saturated carbocycles. The Bertz CT molecular complexity index is 780. The first-order valence-corrected chi connectivity index (χ1v) is 10.8. The zero-order valence-corrected chi connectivity index (χ0v) is 16.8. The molecule has 5 nitrogen and oxygen atoms in total. The van der Waals surface area contributed by atoms with Crippen molar-refractivity contribution in [1.29, 1.82) is 0 Å². The summed E-state index contributed by atoms with van der Waals surface area (Å²) >= 11 is 0. The number of hydrogen-bond donors (Lipinski definition) is 2. The van der Waals surface area contributed by atoms with Crippen LogP contribution >= 0.6 is 0 Å². The van der Waals surface area contributed by atoms with E-state index >= 15 is 0 Å². The Morgan fingerprint density at radius 1 is 1.00 bits per heavy atom. The van der Waals surface area contributed by atoms with Crippen LogP contribution in [0.5, 0.6) is 0 Å². The predicted octanol–water partition coefficient (Wildman–Crippen LogP) is 2.65. The van der Waals surface area contributed by atoms with Crippen molar-refractivity contribution in [3.63, 3.8) is 0 Å². The zero-order valence-electron chi connectivity index (χ0n) is 16.0. The molecule has 0 bridgehead atoms. The van der Waals surface area contributed by atoms with Gasteiger partial charge in [-0.15, -0.1) is 0 Å². The summed E-state index contributed by atoms with van der Waals surface area (Å²) in [6, 6.07) is 17.5. The van der Waals surface area contributed by atoms with Crippen LogP contribution in [0, 0.1) is 5.92 Å². The minimum atomic E-state index is -3.68. The van der Waals surface area contributed by atoms with Crippen molar-refractivity contribution >= 4 is 10.0 Å². The van der Waals surface area contributed by atoms with Crippen LogP contribution in [-0.4, -0.2) is 43.1 Å². The van der Waals surface area contributed by atoms with E-state index in [0.717, 1.165) is 5.56 Å². The van der Waals surface area contributed by atoms with E-state index in [0.29, 0.717) is 25.3 Å². The normalized spacial score (nSPS) is 14.4. The molecule has 0 aliphatic heterocycles. The topological polar surface area (TPSA) is 83.6 Å². The average molecular weight is 391 g/mol. The van der Waals surface area contributed by atoms with Crippen LogP contribution in [0.3, 0.4) is 0 Å². The van der Waals surface area contributed by atoms with E-state index in [9.17, 15) is 13.5 Å². The lowest BCUT2D eigenvalue weighted by atomic mass is 10.0. The van der Waals surface area contributed by atoms with Crippen molar-refractivity contribution in [3.8, 4) is 0 Å². The van der Waals surface area contributed by atoms with Crippen LogP contribution < -0.4 is 5.73 Å². The summed E-state index contributed by atoms with van der Waals surface area (Å²) in [6.45, 7) is 4.43. The van der Waals surface area contributed by atoms with Gasteiger partial charge in [-0.3, -0.25) is 0 Å². The lowest BCUT2D eigenvalue weighted by molar-refractivity contribution is 0.118. The third kappa shape index (κ3) is 6.43. The van der Waals surface area contributed by atoms with Crippen LogP contribution in [0.4, 0.5) is 0 Å². The van der Waals surface area contributed by atoms with E-state index in [4.69, 9.17) is 5.73 Å². The number of sulfonamides is 1. The molecule has 0 spiro atoms. The second-order valence-electron chi connectivity index (χ2n) is 7.28. The smallest absolute Gasteiger partial charge is 0.243 e. The second-order valence-corrected chi connectivity index (χ2v) is 9.22. The molecule has 2 unspecified atom stereocenters. The van der Waals surface area contributed by atoms with Gasteiger partial charge >= 0.3 is 0 Å². The lowest BCUT2D eigenvalue weighted by Crippen LogP contribution is -2.47. The molecule has 0 aliphatic carbocycles. The van der Waals surface area contributed by atoms with Crippen LogP contribution in [-0.2, 0) is 16.4 Å². The summed E-state index contributed by atoms with van der Waals surface area (Å²) in [6.07, 6.45) is 0.258. The Balaban J connectivity index is 2.13. The first-order chi connectivity index (χ1) is 12.8. The van der Waals surface area contributed by atoms with Crippen molar-refractivity contribution in [2.45, 2.75) is 43.7 Å². The van der Waals surface area contributed by atoms with Crippen LogP contribution in [0.15, 0.2) is 65.6 Å². The summed E-state index contributed by atoms with van der Waals surface area (Å²) in [7, 11) is -3.68. The van der Waals surface area contributed by atoms with Crippen molar-refractivity contribution in [2.24, 2.45) is 11.7 Å². The van der Waals surface area contributed by atoms with E-state index in [2.05, 4.69) is 0 Å². The zero-order chi connectivity index (χ0) is 19.9. The van der Waals surface area contributed by atoms with Gasteiger partial charge in [0.15, 0.2) is 0 Å². The molecule has 0 heterocycles. The van der Waals surface area contributed by atoms with E-state index in [-0.39, 0.29) is 11.4 Å². The molecule has 0 amide bonds. The molecule has 6 heteroatoms. The van der Waals surface area contributed by atoms with Gasteiger partial charge < -0.3 is 10.8 Å². The molecule has 27 heavy (non-hydrogen) atoms. The number of aliphatic hydroxyl groups is 1. The summed E-state index contributed by atoms with van der Waals surface area (Å²) < 4.78 is 27.4. The van der Waals surface area contributed by atoms with Crippen LogP contribution in [0.2, 0.25) is 0 Å². The van der Waals surface area contributed by atoms with Crippen molar-refractivity contribution in [1.82, 2.24) is 4.31 Å². The van der Waals surface area contributed by atoms with Crippen LogP contribution in [0.25, 0.3) is 0 Å². The molecular formula is C21H30N2O3S. The Morgan fingerprint density at radius 3 is 2.11 bits per heavy atom. The third-order valence-corrected chi connectivity index (χ3v) is 6.42. The molecule has 3 N–H and O–H groups in total. The molecule has 0 fully saturated rings. The molecule has 0 aliphatic rings. The summed E-state index contributed by atoms with van der Waals surface area (Å²) in [4.78, 5) is 0.234.